The summed E-state index contributed by atoms with van der Waals surface area (Å²) in [5.41, 5.74) is 1.92. The maximum absolute atomic E-state index is 12.8. The van der Waals surface area contributed by atoms with E-state index in [0.717, 1.165) is 29.6 Å². The number of hydrogen-bond acceptors (Lipinski definition) is 4. The smallest absolute Gasteiger partial charge is 0.259 e. The topological polar surface area (TPSA) is 86.4 Å². The lowest BCUT2D eigenvalue weighted by molar-refractivity contribution is 0.102. The van der Waals surface area contributed by atoms with Crippen LogP contribution < -0.4 is 15.4 Å². The van der Waals surface area contributed by atoms with Crippen LogP contribution in [-0.4, -0.2) is 41.3 Å². The maximum Gasteiger partial charge on any atom is 0.259 e. The van der Waals surface area contributed by atoms with E-state index in [4.69, 9.17) is 4.74 Å². The molecule has 2 aromatic carbocycles. The molecule has 28 heavy (non-hydrogen) atoms. The van der Waals surface area contributed by atoms with Gasteiger partial charge in [-0.1, -0.05) is 18.2 Å². The molecule has 0 aliphatic heterocycles. The number of anilines is 1. The second kappa shape index (κ2) is 8.91. The molecule has 6 heteroatoms. The quantitative estimate of drug-likeness (QED) is 0.427. The first kappa shape index (κ1) is 19.9. The average molecular weight is 381 g/mol. The van der Waals surface area contributed by atoms with Gasteiger partial charge in [0.15, 0.2) is 0 Å². The van der Waals surface area contributed by atoms with Crippen molar-refractivity contribution in [3.63, 3.8) is 0 Å². The van der Waals surface area contributed by atoms with Gasteiger partial charge in [-0.25, -0.2) is 0 Å². The van der Waals surface area contributed by atoms with Crippen molar-refractivity contribution in [2.45, 2.75) is 25.8 Å². The summed E-state index contributed by atoms with van der Waals surface area (Å²) in [5.74, 6) is 0.353. The fraction of sp³-hybridized carbons (Fsp3) is 0.318. The first-order valence-corrected chi connectivity index (χ1v) is 9.45. The molecule has 3 aromatic rings. The Morgan fingerprint density at radius 2 is 1.96 bits per heavy atom. The van der Waals surface area contributed by atoms with Crippen molar-refractivity contribution in [2.75, 3.05) is 25.1 Å². The van der Waals surface area contributed by atoms with Gasteiger partial charge in [-0.15, -0.1) is 0 Å². The highest BCUT2D eigenvalue weighted by atomic mass is 16.5. The van der Waals surface area contributed by atoms with E-state index in [-0.39, 0.29) is 18.1 Å². The van der Waals surface area contributed by atoms with Gasteiger partial charge in [0.25, 0.3) is 5.91 Å². The zero-order valence-electron chi connectivity index (χ0n) is 16.3. The third kappa shape index (κ3) is 4.91. The highest BCUT2D eigenvalue weighted by Crippen LogP contribution is 2.25. The van der Waals surface area contributed by atoms with Gasteiger partial charge < -0.3 is 25.5 Å². The Hall–Kier alpha value is -2.83. The number of H-pyrrole nitrogens is 1. The Labute approximate surface area is 164 Å². The van der Waals surface area contributed by atoms with E-state index in [2.05, 4.69) is 15.6 Å². The van der Waals surface area contributed by atoms with E-state index >= 15 is 0 Å². The fourth-order valence-electron chi connectivity index (χ4n) is 2.90. The molecular formula is C22H27N3O3. The largest absolute Gasteiger partial charge is 0.493 e. The molecule has 0 aliphatic carbocycles. The van der Waals surface area contributed by atoms with Gasteiger partial charge in [0, 0.05) is 22.6 Å². The Morgan fingerprint density at radius 1 is 1.14 bits per heavy atom. The highest BCUT2D eigenvalue weighted by molar-refractivity contribution is 6.10. The van der Waals surface area contributed by atoms with Gasteiger partial charge in [0.2, 0.25) is 0 Å². The average Bonchev–Trinajstić information content (AvgIpc) is 3.18. The Morgan fingerprint density at radius 3 is 2.79 bits per heavy atom. The Bertz CT molecular complexity index is 933. The number of hydrogen-bond donors (Lipinski definition) is 4. The molecule has 3 rings (SSSR count). The van der Waals surface area contributed by atoms with Crippen molar-refractivity contribution in [2.24, 2.45) is 0 Å². The van der Waals surface area contributed by atoms with Crippen LogP contribution in [0.1, 0.15) is 30.6 Å². The minimum Gasteiger partial charge on any atom is -0.493 e. The van der Waals surface area contributed by atoms with Crippen LogP contribution in [0, 0.1) is 0 Å². The molecule has 0 saturated heterocycles. The first-order chi connectivity index (χ1) is 13.5. The fourth-order valence-corrected chi connectivity index (χ4v) is 2.90. The Kier molecular flexibility index (Phi) is 6.34. The van der Waals surface area contributed by atoms with E-state index in [9.17, 15) is 9.90 Å². The number of rotatable bonds is 9. The van der Waals surface area contributed by atoms with Crippen molar-refractivity contribution in [3.8, 4) is 5.75 Å². The predicted octanol–water partition coefficient (Wildman–Crippen LogP) is 3.55. The summed E-state index contributed by atoms with van der Waals surface area (Å²) < 4.78 is 5.85. The minimum absolute atomic E-state index is 0.0742. The SMILES string of the molecule is CC(C)(CO)NCCCOc1ccccc1C(=O)Nc1cccc2[nH]ccc12. The molecule has 0 atom stereocenters. The van der Waals surface area contributed by atoms with E-state index in [1.807, 2.05) is 56.4 Å². The van der Waals surface area contributed by atoms with Crippen molar-refractivity contribution < 1.29 is 14.6 Å². The third-order valence-electron chi connectivity index (χ3n) is 4.55. The lowest BCUT2D eigenvalue weighted by atomic mass is 10.1. The highest BCUT2D eigenvalue weighted by Gasteiger charge is 2.15. The van der Waals surface area contributed by atoms with Crippen LogP contribution in [0.5, 0.6) is 5.75 Å². The van der Waals surface area contributed by atoms with Crippen LogP contribution >= 0.6 is 0 Å². The molecule has 0 unspecified atom stereocenters. The molecule has 0 bridgehead atoms. The molecular weight excluding hydrogens is 354 g/mol. The standard InChI is InChI=1S/C22H27N3O3/c1-22(2,15-26)24-12-6-14-28-20-10-4-3-7-17(20)21(27)25-19-9-5-8-18-16(19)11-13-23-18/h3-5,7-11,13,23-24,26H,6,12,14-15H2,1-2H3,(H,25,27). The molecule has 1 heterocycles. The Balaban J connectivity index is 1.62. The number of ether oxygens (including phenoxy) is 1. The van der Waals surface area contributed by atoms with Crippen molar-refractivity contribution in [1.82, 2.24) is 10.3 Å². The lowest BCUT2D eigenvalue weighted by Crippen LogP contribution is -2.43. The van der Waals surface area contributed by atoms with Crippen molar-refractivity contribution >= 4 is 22.5 Å². The normalized spacial score (nSPS) is 11.5. The number of para-hydroxylation sites is 1. The molecule has 0 aliphatic rings. The van der Waals surface area contributed by atoms with Gasteiger partial charge >= 0.3 is 0 Å². The molecule has 0 spiro atoms. The molecule has 1 amide bonds. The molecule has 6 nitrogen and oxygen atoms in total. The van der Waals surface area contributed by atoms with E-state index < -0.39 is 0 Å². The summed E-state index contributed by atoms with van der Waals surface area (Å²) in [4.78, 5) is 16.0. The summed E-state index contributed by atoms with van der Waals surface area (Å²) in [5, 5.41) is 16.5. The van der Waals surface area contributed by atoms with Gasteiger partial charge in [0.1, 0.15) is 5.75 Å². The monoisotopic (exact) mass is 381 g/mol. The van der Waals surface area contributed by atoms with Gasteiger partial charge in [-0.2, -0.15) is 0 Å². The first-order valence-electron chi connectivity index (χ1n) is 9.45. The number of aromatic nitrogens is 1. The molecule has 4 N–H and O–H groups in total. The van der Waals surface area contributed by atoms with E-state index in [1.165, 1.54) is 0 Å². The number of aliphatic hydroxyl groups is 1. The maximum atomic E-state index is 12.8. The van der Waals surface area contributed by atoms with Crippen LogP contribution in [0.4, 0.5) is 5.69 Å². The number of fused-ring (bicyclic) bond motifs is 1. The summed E-state index contributed by atoms with van der Waals surface area (Å²) in [6.45, 7) is 5.16. The van der Waals surface area contributed by atoms with E-state index in [0.29, 0.717) is 17.9 Å². The van der Waals surface area contributed by atoms with Crippen molar-refractivity contribution in [3.05, 3.63) is 60.3 Å². The minimum atomic E-state index is -0.308. The van der Waals surface area contributed by atoms with Crippen LogP contribution in [0.3, 0.4) is 0 Å². The van der Waals surface area contributed by atoms with E-state index in [1.54, 1.807) is 12.1 Å². The number of aliphatic hydroxyl groups excluding tert-OH is 1. The summed E-state index contributed by atoms with van der Waals surface area (Å²) >= 11 is 0. The number of amides is 1. The van der Waals surface area contributed by atoms with Crippen LogP contribution in [0.15, 0.2) is 54.7 Å². The summed E-state index contributed by atoms with van der Waals surface area (Å²) in [6, 6.07) is 14.9. The molecule has 0 fully saturated rings. The zero-order chi connectivity index (χ0) is 20.0. The van der Waals surface area contributed by atoms with Gasteiger partial charge in [-0.3, -0.25) is 4.79 Å². The van der Waals surface area contributed by atoms with Gasteiger partial charge in [-0.05, 0) is 57.1 Å². The summed E-state index contributed by atoms with van der Waals surface area (Å²) in [6.07, 6.45) is 2.62. The number of benzene rings is 2. The number of carbonyl (C=O) groups excluding carboxylic acids is 1. The van der Waals surface area contributed by atoms with Crippen molar-refractivity contribution in [1.29, 1.82) is 0 Å². The predicted molar refractivity (Wildman–Crippen MR) is 112 cm³/mol. The van der Waals surface area contributed by atoms with Crippen LogP contribution in [-0.2, 0) is 0 Å². The van der Waals surface area contributed by atoms with Crippen LogP contribution in [0.2, 0.25) is 0 Å². The second-order valence-electron chi connectivity index (χ2n) is 7.37. The molecule has 148 valence electrons. The molecule has 1 aromatic heterocycles. The number of nitrogens with one attached hydrogen (secondary N) is 3. The third-order valence-corrected chi connectivity index (χ3v) is 4.55. The number of aromatic amines is 1. The summed E-state index contributed by atoms with van der Waals surface area (Å²) in [7, 11) is 0. The van der Waals surface area contributed by atoms with Crippen LogP contribution in [0.25, 0.3) is 10.9 Å². The second-order valence-corrected chi connectivity index (χ2v) is 7.37. The molecule has 0 saturated carbocycles. The zero-order valence-corrected chi connectivity index (χ0v) is 16.3. The molecule has 0 radical (unpaired) electrons. The lowest BCUT2D eigenvalue weighted by Gasteiger charge is -2.23. The number of carbonyl (C=O) groups is 1. The van der Waals surface area contributed by atoms with Gasteiger partial charge in [0.05, 0.1) is 24.5 Å².